The van der Waals surface area contributed by atoms with E-state index < -0.39 is 6.04 Å². The number of carbonyl (C=O) groups excluding carboxylic acids is 2. The smallest absolute Gasteiger partial charge is 0.243 e. The van der Waals surface area contributed by atoms with E-state index in [9.17, 15) is 9.59 Å². The molecule has 0 unspecified atom stereocenters. The molecule has 3 aromatic carbocycles. The van der Waals surface area contributed by atoms with Crippen LogP contribution in [0.15, 0.2) is 83.3 Å². The lowest BCUT2D eigenvalue weighted by molar-refractivity contribution is -0.141. The Morgan fingerprint density at radius 1 is 0.912 bits per heavy atom. The van der Waals surface area contributed by atoms with Gasteiger partial charge in [-0.3, -0.25) is 9.59 Å². The number of amides is 2. The van der Waals surface area contributed by atoms with Gasteiger partial charge in [0.25, 0.3) is 0 Å². The molecular formula is C28H30BrClN2O2. The van der Waals surface area contributed by atoms with Gasteiger partial charge in [0.1, 0.15) is 6.04 Å². The van der Waals surface area contributed by atoms with Crippen molar-refractivity contribution in [3.05, 3.63) is 105 Å². The number of halogens is 2. The van der Waals surface area contributed by atoms with Crippen molar-refractivity contribution in [2.45, 2.75) is 51.7 Å². The van der Waals surface area contributed by atoms with Crippen LogP contribution in [-0.2, 0) is 29.0 Å². The summed E-state index contributed by atoms with van der Waals surface area (Å²) >= 11 is 9.49. The molecule has 0 heterocycles. The topological polar surface area (TPSA) is 49.4 Å². The second-order valence-corrected chi connectivity index (χ2v) is 9.83. The number of hydrogen-bond donors (Lipinski definition) is 1. The molecule has 0 aromatic heterocycles. The van der Waals surface area contributed by atoms with Crippen molar-refractivity contribution < 1.29 is 9.59 Å². The number of carbonyl (C=O) groups is 2. The summed E-state index contributed by atoms with van der Waals surface area (Å²) in [5, 5.41) is 3.72. The van der Waals surface area contributed by atoms with Gasteiger partial charge in [0, 0.05) is 28.5 Å². The highest BCUT2D eigenvalue weighted by Crippen LogP contribution is 2.19. The van der Waals surface area contributed by atoms with Crippen LogP contribution in [0.4, 0.5) is 0 Å². The van der Waals surface area contributed by atoms with Crippen LogP contribution in [-0.4, -0.2) is 28.8 Å². The maximum Gasteiger partial charge on any atom is 0.243 e. The van der Waals surface area contributed by atoms with Crippen LogP contribution >= 0.6 is 27.5 Å². The van der Waals surface area contributed by atoms with E-state index >= 15 is 0 Å². The summed E-state index contributed by atoms with van der Waals surface area (Å²) in [7, 11) is 0. The van der Waals surface area contributed by atoms with E-state index in [4.69, 9.17) is 11.6 Å². The summed E-state index contributed by atoms with van der Waals surface area (Å²) in [6.07, 6.45) is 1.44. The molecule has 0 fully saturated rings. The lowest BCUT2D eigenvalue weighted by Gasteiger charge is -2.32. The zero-order valence-electron chi connectivity index (χ0n) is 19.5. The minimum absolute atomic E-state index is 0.0201. The zero-order valence-corrected chi connectivity index (χ0v) is 21.9. The largest absolute Gasteiger partial charge is 0.352 e. The minimum Gasteiger partial charge on any atom is -0.352 e. The minimum atomic E-state index is -0.639. The Kier molecular flexibility index (Phi) is 9.73. The van der Waals surface area contributed by atoms with Crippen molar-refractivity contribution in [3.8, 4) is 0 Å². The van der Waals surface area contributed by atoms with Crippen molar-refractivity contribution in [1.82, 2.24) is 10.2 Å². The average molecular weight is 542 g/mol. The van der Waals surface area contributed by atoms with Crippen molar-refractivity contribution in [3.63, 3.8) is 0 Å². The first-order chi connectivity index (χ1) is 16.4. The molecule has 1 N–H and O–H groups in total. The Hall–Kier alpha value is -2.63. The summed E-state index contributed by atoms with van der Waals surface area (Å²) in [4.78, 5) is 28.8. The van der Waals surface area contributed by atoms with Crippen LogP contribution in [0.1, 0.15) is 37.0 Å². The molecule has 0 radical (unpaired) electrons. The van der Waals surface area contributed by atoms with Gasteiger partial charge in [-0.05, 0) is 54.3 Å². The normalized spacial score (nSPS) is 12.6. The highest BCUT2D eigenvalue weighted by atomic mass is 79.9. The van der Waals surface area contributed by atoms with Gasteiger partial charge in [0.15, 0.2) is 0 Å². The van der Waals surface area contributed by atoms with Gasteiger partial charge >= 0.3 is 0 Å². The fourth-order valence-corrected chi connectivity index (χ4v) is 4.05. The first-order valence-electron chi connectivity index (χ1n) is 11.5. The molecule has 0 saturated heterocycles. The standard InChI is InChI=1S/C28H30BrClN2O2/c1-3-20(2)31-28(34)26(17-21-7-5-4-6-8-21)32(19-23-9-13-24(29)14-10-23)27(33)18-22-11-15-25(30)16-12-22/h4-16,20,26H,3,17-19H2,1-2H3,(H,31,34)/t20-,26+/m1/s1. The molecule has 2 amide bonds. The number of rotatable bonds is 10. The predicted molar refractivity (Wildman–Crippen MR) is 142 cm³/mol. The van der Waals surface area contributed by atoms with E-state index in [1.54, 1.807) is 17.0 Å². The Balaban J connectivity index is 1.95. The highest BCUT2D eigenvalue weighted by molar-refractivity contribution is 9.10. The third-order valence-corrected chi connectivity index (χ3v) is 6.59. The third-order valence-electron chi connectivity index (χ3n) is 5.81. The molecule has 2 atom stereocenters. The molecule has 0 bridgehead atoms. The van der Waals surface area contributed by atoms with Crippen LogP contribution in [0.3, 0.4) is 0 Å². The maximum atomic E-state index is 13.7. The number of benzene rings is 3. The Morgan fingerprint density at radius 3 is 2.15 bits per heavy atom. The monoisotopic (exact) mass is 540 g/mol. The molecular weight excluding hydrogens is 512 g/mol. The van der Waals surface area contributed by atoms with Gasteiger partial charge in [-0.25, -0.2) is 0 Å². The highest BCUT2D eigenvalue weighted by Gasteiger charge is 2.31. The van der Waals surface area contributed by atoms with Crippen LogP contribution in [0.25, 0.3) is 0 Å². The van der Waals surface area contributed by atoms with Crippen LogP contribution in [0, 0.1) is 0 Å². The lowest BCUT2D eigenvalue weighted by atomic mass is 10.0. The van der Waals surface area contributed by atoms with Gasteiger partial charge in [-0.2, -0.15) is 0 Å². The van der Waals surface area contributed by atoms with E-state index in [-0.39, 0.29) is 24.3 Å². The fourth-order valence-electron chi connectivity index (χ4n) is 3.66. The van der Waals surface area contributed by atoms with Crippen LogP contribution < -0.4 is 5.32 Å². The number of hydrogen-bond acceptors (Lipinski definition) is 2. The molecule has 4 nitrogen and oxygen atoms in total. The summed E-state index contributed by atoms with van der Waals surface area (Å²) in [6, 6.07) is 24.3. The third kappa shape index (κ3) is 7.71. The van der Waals surface area contributed by atoms with E-state index in [0.29, 0.717) is 18.0 Å². The number of nitrogens with zero attached hydrogens (tertiary/aromatic N) is 1. The van der Waals surface area contributed by atoms with Gasteiger partial charge in [0.05, 0.1) is 6.42 Å². The summed E-state index contributed by atoms with van der Waals surface area (Å²) in [5.41, 5.74) is 2.82. The Morgan fingerprint density at radius 2 is 1.53 bits per heavy atom. The van der Waals surface area contributed by atoms with E-state index in [1.807, 2.05) is 80.6 Å². The molecule has 34 heavy (non-hydrogen) atoms. The zero-order chi connectivity index (χ0) is 24.5. The maximum absolute atomic E-state index is 13.7. The SMILES string of the molecule is CC[C@@H](C)NC(=O)[C@H](Cc1ccccc1)N(Cc1ccc(Br)cc1)C(=O)Cc1ccc(Cl)cc1. The molecule has 178 valence electrons. The summed E-state index contributed by atoms with van der Waals surface area (Å²) in [6.45, 7) is 4.35. The molecule has 3 rings (SSSR count). The second-order valence-electron chi connectivity index (χ2n) is 8.47. The van der Waals surface area contributed by atoms with E-state index in [1.165, 1.54) is 0 Å². The van der Waals surface area contributed by atoms with Crippen LogP contribution in [0.5, 0.6) is 0 Å². The molecule has 0 aliphatic rings. The van der Waals surface area contributed by atoms with Gasteiger partial charge in [-0.1, -0.05) is 89.1 Å². The average Bonchev–Trinajstić information content (AvgIpc) is 2.84. The van der Waals surface area contributed by atoms with Crippen molar-refractivity contribution in [2.75, 3.05) is 0 Å². The first kappa shape index (κ1) is 26.0. The van der Waals surface area contributed by atoms with Crippen molar-refractivity contribution >= 4 is 39.3 Å². The fraction of sp³-hybridized carbons (Fsp3) is 0.286. The quantitative estimate of drug-likeness (QED) is 0.332. The van der Waals surface area contributed by atoms with Gasteiger partial charge in [0.2, 0.25) is 11.8 Å². The summed E-state index contributed by atoms with van der Waals surface area (Å²) in [5.74, 6) is -0.245. The van der Waals surface area contributed by atoms with Gasteiger partial charge < -0.3 is 10.2 Å². The lowest BCUT2D eigenvalue weighted by Crippen LogP contribution is -2.52. The van der Waals surface area contributed by atoms with Gasteiger partial charge in [-0.15, -0.1) is 0 Å². The molecule has 0 saturated carbocycles. The first-order valence-corrected chi connectivity index (χ1v) is 12.7. The van der Waals surface area contributed by atoms with Crippen LogP contribution in [0.2, 0.25) is 5.02 Å². The molecule has 0 aliphatic heterocycles. The van der Waals surface area contributed by atoms with Crippen molar-refractivity contribution in [2.24, 2.45) is 0 Å². The molecule has 0 aliphatic carbocycles. The van der Waals surface area contributed by atoms with Crippen molar-refractivity contribution in [1.29, 1.82) is 0 Å². The molecule has 6 heteroatoms. The Bertz CT molecular complexity index is 1070. The Labute approximate surface area is 215 Å². The van der Waals surface area contributed by atoms with E-state index in [2.05, 4.69) is 21.2 Å². The predicted octanol–water partition coefficient (Wildman–Crippen LogP) is 6.20. The molecule has 3 aromatic rings. The summed E-state index contributed by atoms with van der Waals surface area (Å²) < 4.78 is 0.964. The number of nitrogens with one attached hydrogen (secondary N) is 1. The van der Waals surface area contributed by atoms with E-state index in [0.717, 1.165) is 27.6 Å². The second kappa shape index (κ2) is 12.7. The molecule has 0 spiro atoms.